The predicted octanol–water partition coefficient (Wildman–Crippen LogP) is 0.960. The van der Waals surface area contributed by atoms with Crippen LogP contribution < -0.4 is 11.1 Å². The van der Waals surface area contributed by atoms with Crippen LogP contribution in [-0.4, -0.2) is 42.5 Å². The lowest BCUT2D eigenvalue weighted by atomic mass is 10.0. The van der Waals surface area contributed by atoms with Crippen molar-refractivity contribution in [1.29, 1.82) is 0 Å². The van der Waals surface area contributed by atoms with E-state index in [0.717, 1.165) is 25.6 Å². The highest BCUT2D eigenvalue weighted by Crippen LogP contribution is 2.31. The van der Waals surface area contributed by atoms with Gasteiger partial charge in [0, 0.05) is 19.1 Å². The van der Waals surface area contributed by atoms with Gasteiger partial charge in [-0.05, 0) is 44.1 Å². The lowest BCUT2D eigenvalue weighted by Crippen LogP contribution is -2.43. The SMILES string of the molecule is CC(C)CC(N)C(=O)NCC1CCN(C2CC2)C1. The number of amides is 1. The Hall–Kier alpha value is -0.610. The van der Waals surface area contributed by atoms with Crippen molar-refractivity contribution in [3.63, 3.8) is 0 Å². The molecule has 1 heterocycles. The fourth-order valence-corrected chi connectivity index (χ4v) is 2.79. The molecule has 1 aliphatic heterocycles. The van der Waals surface area contributed by atoms with Gasteiger partial charge in [-0.2, -0.15) is 0 Å². The van der Waals surface area contributed by atoms with Crippen LogP contribution in [0.5, 0.6) is 0 Å². The summed E-state index contributed by atoms with van der Waals surface area (Å²) in [7, 11) is 0. The molecule has 0 spiro atoms. The molecule has 0 aromatic carbocycles. The van der Waals surface area contributed by atoms with Crippen molar-refractivity contribution in [3.8, 4) is 0 Å². The highest BCUT2D eigenvalue weighted by atomic mass is 16.2. The molecule has 0 aromatic rings. The molecule has 1 amide bonds. The summed E-state index contributed by atoms with van der Waals surface area (Å²) in [6, 6.07) is 0.514. The molecule has 1 aliphatic carbocycles. The van der Waals surface area contributed by atoms with Gasteiger partial charge in [-0.1, -0.05) is 13.8 Å². The average Bonchev–Trinajstić information content (AvgIpc) is 3.05. The Morgan fingerprint density at radius 3 is 2.72 bits per heavy atom. The van der Waals surface area contributed by atoms with E-state index in [4.69, 9.17) is 5.73 Å². The molecule has 2 unspecified atom stereocenters. The van der Waals surface area contributed by atoms with Gasteiger partial charge in [-0.15, -0.1) is 0 Å². The monoisotopic (exact) mass is 253 g/mol. The lowest BCUT2D eigenvalue weighted by Gasteiger charge is -2.17. The third-order valence-corrected chi connectivity index (χ3v) is 4.01. The summed E-state index contributed by atoms with van der Waals surface area (Å²) in [6.07, 6.45) is 4.73. The minimum absolute atomic E-state index is 0.0218. The second-order valence-electron chi connectivity index (χ2n) is 6.36. The molecule has 2 rings (SSSR count). The van der Waals surface area contributed by atoms with Crippen LogP contribution in [0.1, 0.15) is 39.5 Å². The van der Waals surface area contributed by atoms with E-state index < -0.39 is 0 Å². The molecule has 0 aromatic heterocycles. The van der Waals surface area contributed by atoms with Gasteiger partial charge in [-0.25, -0.2) is 0 Å². The number of carbonyl (C=O) groups excluding carboxylic acids is 1. The Morgan fingerprint density at radius 1 is 1.39 bits per heavy atom. The van der Waals surface area contributed by atoms with E-state index >= 15 is 0 Å². The third kappa shape index (κ3) is 3.95. The van der Waals surface area contributed by atoms with Gasteiger partial charge in [0.1, 0.15) is 0 Å². The van der Waals surface area contributed by atoms with Crippen LogP contribution in [0, 0.1) is 11.8 Å². The number of nitrogens with zero attached hydrogens (tertiary/aromatic N) is 1. The van der Waals surface area contributed by atoms with Crippen molar-refractivity contribution in [2.24, 2.45) is 17.6 Å². The predicted molar refractivity (Wildman–Crippen MR) is 73.1 cm³/mol. The first kappa shape index (κ1) is 13.8. The summed E-state index contributed by atoms with van der Waals surface area (Å²) in [5.74, 6) is 1.12. The zero-order valence-electron chi connectivity index (χ0n) is 11.7. The van der Waals surface area contributed by atoms with Gasteiger partial charge in [0.25, 0.3) is 0 Å². The fourth-order valence-electron chi connectivity index (χ4n) is 2.79. The highest BCUT2D eigenvalue weighted by Gasteiger charge is 2.34. The van der Waals surface area contributed by atoms with Gasteiger partial charge in [-0.3, -0.25) is 4.79 Å². The van der Waals surface area contributed by atoms with E-state index in [1.54, 1.807) is 0 Å². The Labute approximate surface area is 110 Å². The molecule has 104 valence electrons. The molecule has 2 fully saturated rings. The molecule has 0 radical (unpaired) electrons. The van der Waals surface area contributed by atoms with E-state index in [9.17, 15) is 4.79 Å². The molecule has 2 atom stereocenters. The number of nitrogens with one attached hydrogen (secondary N) is 1. The maximum atomic E-state index is 11.8. The Bertz CT molecular complexity index is 289. The first-order valence-electron chi connectivity index (χ1n) is 7.33. The summed E-state index contributed by atoms with van der Waals surface area (Å²) < 4.78 is 0. The maximum absolute atomic E-state index is 11.8. The van der Waals surface area contributed by atoms with Crippen LogP contribution in [0.15, 0.2) is 0 Å². The molecule has 3 N–H and O–H groups in total. The quantitative estimate of drug-likeness (QED) is 0.741. The van der Waals surface area contributed by atoms with E-state index in [1.165, 1.54) is 25.8 Å². The normalized spacial score (nSPS) is 26.6. The van der Waals surface area contributed by atoms with Crippen molar-refractivity contribution < 1.29 is 4.79 Å². The average molecular weight is 253 g/mol. The van der Waals surface area contributed by atoms with Crippen molar-refractivity contribution in [3.05, 3.63) is 0 Å². The zero-order valence-corrected chi connectivity index (χ0v) is 11.7. The Kier molecular flexibility index (Phi) is 4.62. The smallest absolute Gasteiger partial charge is 0.236 e. The molecule has 2 aliphatic rings. The van der Waals surface area contributed by atoms with Gasteiger partial charge in [0.2, 0.25) is 5.91 Å². The number of hydrogen-bond donors (Lipinski definition) is 2. The lowest BCUT2D eigenvalue weighted by molar-refractivity contribution is -0.122. The van der Waals surface area contributed by atoms with Crippen LogP contribution in [0.2, 0.25) is 0 Å². The Morgan fingerprint density at radius 2 is 2.11 bits per heavy atom. The summed E-state index contributed by atoms with van der Waals surface area (Å²) in [5, 5.41) is 3.02. The van der Waals surface area contributed by atoms with Crippen LogP contribution in [-0.2, 0) is 4.79 Å². The summed E-state index contributed by atoms with van der Waals surface area (Å²) in [6.45, 7) is 7.36. The van der Waals surface area contributed by atoms with Crippen molar-refractivity contribution >= 4 is 5.91 Å². The van der Waals surface area contributed by atoms with E-state index in [2.05, 4.69) is 24.1 Å². The zero-order chi connectivity index (χ0) is 13.1. The molecule has 0 bridgehead atoms. The summed E-state index contributed by atoms with van der Waals surface area (Å²) in [5.41, 5.74) is 5.87. The third-order valence-electron chi connectivity index (χ3n) is 4.01. The van der Waals surface area contributed by atoms with Gasteiger partial charge >= 0.3 is 0 Å². The second kappa shape index (κ2) is 6.02. The Balaban J connectivity index is 1.63. The fraction of sp³-hybridized carbons (Fsp3) is 0.929. The topological polar surface area (TPSA) is 58.4 Å². The van der Waals surface area contributed by atoms with Gasteiger partial charge in [0.05, 0.1) is 6.04 Å². The molecule has 4 nitrogen and oxygen atoms in total. The number of likely N-dealkylation sites (tertiary alicyclic amines) is 1. The van der Waals surface area contributed by atoms with Gasteiger partial charge < -0.3 is 16.0 Å². The van der Waals surface area contributed by atoms with E-state index in [-0.39, 0.29) is 11.9 Å². The van der Waals surface area contributed by atoms with Crippen molar-refractivity contribution in [2.45, 2.75) is 51.6 Å². The minimum atomic E-state index is -0.342. The molecule has 4 heteroatoms. The molecular formula is C14H27N3O. The van der Waals surface area contributed by atoms with E-state index in [0.29, 0.717) is 11.8 Å². The standard InChI is InChI=1S/C14H27N3O/c1-10(2)7-13(15)14(18)16-8-11-5-6-17(9-11)12-3-4-12/h10-13H,3-9,15H2,1-2H3,(H,16,18). The second-order valence-corrected chi connectivity index (χ2v) is 6.36. The van der Waals surface area contributed by atoms with Crippen molar-refractivity contribution in [2.75, 3.05) is 19.6 Å². The van der Waals surface area contributed by atoms with Crippen molar-refractivity contribution in [1.82, 2.24) is 10.2 Å². The number of hydrogen-bond acceptors (Lipinski definition) is 3. The summed E-state index contributed by atoms with van der Waals surface area (Å²) in [4.78, 5) is 14.4. The first-order valence-corrected chi connectivity index (χ1v) is 7.33. The van der Waals surface area contributed by atoms with Gasteiger partial charge in [0.15, 0.2) is 0 Å². The summed E-state index contributed by atoms with van der Waals surface area (Å²) >= 11 is 0. The number of carbonyl (C=O) groups is 1. The first-order chi connectivity index (χ1) is 8.56. The molecular weight excluding hydrogens is 226 g/mol. The number of nitrogens with two attached hydrogens (primary N) is 1. The van der Waals surface area contributed by atoms with Crippen LogP contribution >= 0.6 is 0 Å². The minimum Gasteiger partial charge on any atom is -0.354 e. The van der Waals surface area contributed by atoms with Crippen LogP contribution in [0.4, 0.5) is 0 Å². The number of rotatable bonds is 6. The van der Waals surface area contributed by atoms with Crippen LogP contribution in [0.3, 0.4) is 0 Å². The van der Waals surface area contributed by atoms with Crippen LogP contribution in [0.25, 0.3) is 0 Å². The molecule has 18 heavy (non-hydrogen) atoms. The maximum Gasteiger partial charge on any atom is 0.236 e. The molecule has 1 saturated heterocycles. The van der Waals surface area contributed by atoms with E-state index in [1.807, 2.05) is 0 Å². The largest absolute Gasteiger partial charge is 0.354 e. The highest BCUT2D eigenvalue weighted by molar-refractivity contribution is 5.81. The molecule has 1 saturated carbocycles.